The Labute approximate surface area is 113 Å². The van der Waals surface area contributed by atoms with Gasteiger partial charge >= 0.3 is 0 Å². The third-order valence-electron chi connectivity index (χ3n) is 3.27. The Balaban J connectivity index is 2.47. The first-order chi connectivity index (χ1) is 9.17. The standard InChI is InChI=1S/C15H18N2O2/c1-10-11(2)14(19-3)5-4-12(10)13-6-8-16-15(17-13)7-9-18/h4-6,8,18H,7,9H2,1-3H3. The molecule has 2 aromatic rings. The van der Waals surface area contributed by atoms with Gasteiger partial charge in [-0.3, -0.25) is 0 Å². The van der Waals surface area contributed by atoms with Crippen molar-refractivity contribution < 1.29 is 9.84 Å². The maximum Gasteiger partial charge on any atom is 0.131 e. The number of benzene rings is 1. The van der Waals surface area contributed by atoms with Gasteiger partial charge in [0.1, 0.15) is 11.6 Å². The summed E-state index contributed by atoms with van der Waals surface area (Å²) >= 11 is 0. The van der Waals surface area contributed by atoms with E-state index < -0.39 is 0 Å². The van der Waals surface area contributed by atoms with Gasteiger partial charge in [0.05, 0.1) is 19.4 Å². The molecule has 0 unspecified atom stereocenters. The lowest BCUT2D eigenvalue weighted by Crippen LogP contribution is -2.00. The summed E-state index contributed by atoms with van der Waals surface area (Å²) in [6.45, 7) is 4.15. The van der Waals surface area contributed by atoms with E-state index in [0.717, 1.165) is 28.1 Å². The third-order valence-corrected chi connectivity index (χ3v) is 3.27. The lowest BCUT2D eigenvalue weighted by atomic mass is 10.00. The predicted molar refractivity (Wildman–Crippen MR) is 74.3 cm³/mol. The molecule has 0 aliphatic heterocycles. The van der Waals surface area contributed by atoms with E-state index in [9.17, 15) is 0 Å². The van der Waals surface area contributed by atoms with Crippen LogP contribution >= 0.6 is 0 Å². The highest BCUT2D eigenvalue weighted by molar-refractivity contribution is 5.66. The number of nitrogens with zero attached hydrogens (tertiary/aromatic N) is 2. The maximum absolute atomic E-state index is 8.95. The molecule has 0 radical (unpaired) electrons. The highest BCUT2D eigenvalue weighted by Gasteiger charge is 2.10. The number of ether oxygens (including phenoxy) is 1. The van der Waals surface area contributed by atoms with Crippen molar-refractivity contribution in [3.63, 3.8) is 0 Å². The molecule has 0 saturated heterocycles. The molecule has 0 atom stereocenters. The van der Waals surface area contributed by atoms with Crippen molar-refractivity contribution in [1.82, 2.24) is 9.97 Å². The van der Waals surface area contributed by atoms with Crippen molar-refractivity contribution in [1.29, 1.82) is 0 Å². The Kier molecular flexibility index (Phi) is 4.12. The molecule has 4 heteroatoms. The molecule has 0 aliphatic carbocycles. The van der Waals surface area contributed by atoms with Crippen LogP contribution in [0.5, 0.6) is 5.75 Å². The Morgan fingerprint density at radius 1 is 1.16 bits per heavy atom. The van der Waals surface area contributed by atoms with Gasteiger partial charge in [0.2, 0.25) is 0 Å². The van der Waals surface area contributed by atoms with Crippen LogP contribution in [0.2, 0.25) is 0 Å². The second kappa shape index (κ2) is 5.80. The van der Waals surface area contributed by atoms with Crippen molar-refractivity contribution in [2.75, 3.05) is 13.7 Å². The van der Waals surface area contributed by atoms with Crippen LogP contribution in [0.15, 0.2) is 24.4 Å². The molecule has 19 heavy (non-hydrogen) atoms. The number of aliphatic hydroxyl groups is 1. The summed E-state index contributed by atoms with van der Waals surface area (Å²) in [5.41, 5.74) is 4.21. The van der Waals surface area contributed by atoms with Crippen molar-refractivity contribution in [2.45, 2.75) is 20.3 Å². The molecule has 4 nitrogen and oxygen atoms in total. The van der Waals surface area contributed by atoms with Gasteiger partial charge in [0.25, 0.3) is 0 Å². The molecule has 1 N–H and O–H groups in total. The monoisotopic (exact) mass is 258 g/mol. The molecular weight excluding hydrogens is 240 g/mol. The first kappa shape index (κ1) is 13.5. The summed E-state index contributed by atoms with van der Waals surface area (Å²) in [4.78, 5) is 8.62. The van der Waals surface area contributed by atoms with E-state index in [1.807, 2.05) is 25.1 Å². The number of aromatic nitrogens is 2. The Morgan fingerprint density at radius 3 is 2.63 bits per heavy atom. The van der Waals surface area contributed by atoms with E-state index in [1.54, 1.807) is 13.3 Å². The van der Waals surface area contributed by atoms with E-state index in [2.05, 4.69) is 16.9 Å². The number of hydrogen-bond acceptors (Lipinski definition) is 4. The van der Waals surface area contributed by atoms with Gasteiger partial charge in [-0.15, -0.1) is 0 Å². The zero-order valence-electron chi connectivity index (χ0n) is 11.5. The third kappa shape index (κ3) is 2.74. The molecule has 0 saturated carbocycles. The quantitative estimate of drug-likeness (QED) is 0.914. The van der Waals surface area contributed by atoms with E-state index in [4.69, 9.17) is 9.84 Å². The first-order valence-electron chi connectivity index (χ1n) is 6.24. The summed E-state index contributed by atoms with van der Waals surface area (Å²) in [7, 11) is 1.67. The normalized spacial score (nSPS) is 10.5. The van der Waals surface area contributed by atoms with Gasteiger partial charge in [-0.05, 0) is 43.2 Å². The van der Waals surface area contributed by atoms with Crippen molar-refractivity contribution in [2.24, 2.45) is 0 Å². The fourth-order valence-electron chi connectivity index (χ4n) is 2.06. The maximum atomic E-state index is 8.95. The summed E-state index contributed by atoms with van der Waals surface area (Å²) < 4.78 is 5.31. The molecule has 100 valence electrons. The molecule has 0 spiro atoms. The highest BCUT2D eigenvalue weighted by Crippen LogP contribution is 2.29. The largest absolute Gasteiger partial charge is 0.496 e. The van der Waals surface area contributed by atoms with Gasteiger partial charge in [0, 0.05) is 18.2 Å². The van der Waals surface area contributed by atoms with Gasteiger partial charge < -0.3 is 9.84 Å². The fourth-order valence-corrected chi connectivity index (χ4v) is 2.06. The minimum atomic E-state index is 0.0596. The van der Waals surface area contributed by atoms with Crippen molar-refractivity contribution in [3.8, 4) is 17.0 Å². The predicted octanol–water partition coefficient (Wildman–Crippen LogP) is 2.30. The van der Waals surface area contributed by atoms with E-state index in [1.165, 1.54) is 0 Å². The number of hydrogen-bond donors (Lipinski definition) is 1. The van der Waals surface area contributed by atoms with E-state index in [0.29, 0.717) is 12.2 Å². The summed E-state index contributed by atoms with van der Waals surface area (Å²) in [6, 6.07) is 5.84. The molecule has 0 aliphatic rings. The molecule has 2 rings (SSSR count). The van der Waals surface area contributed by atoms with Crippen LogP contribution < -0.4 is 4.74 Å². The van der Waals surface area contributed by atoms with Crippen molar-refractivity contribution in [3.05, 3.63) is 41.3 Å². The van der Waals surface area contributed by atoms with Crippen LogP contribution in [0.3, 0.4) is 0 Å². The molecule has 0 bridgehead atoms. The van der Waals surface area contributed by atoms with Gasteiger partial charge in [-0.2, -0.15) is 0 Å². The molecule has 1 aromatic carbocycles. The number of rotatable bonds is 4. The van der Waals surface area contributed by atoms with E-state index >= 15 is 0 Å². The average molecular weight is 258 g/mol. The molecule has 1 heterocycles. The van der Waals surface area contributed by atoms with Crippen LogP contribution in [0.1, 0.15) is 17.0 Å². The summed E-state index contributed by atoms with van der Waals surface area (Å²) in [5, 5.41) is 8.95. The van der Waals surface area contributed by atoms with Gasteiger partial charge in [0.15, 0.2) is 0 Å². The van der Waals surface area contributed by atoms with Crippen LogP contribution in [0, 0.1) is 13.8 Å². The van der Waals surface area contributed by atoms with Gasteiger partial charge in [-0.1, -0.05) is 0 Å². The summed E-state index contributed by atoms with van der Waals surface area (Å²) in [6.07, 6.45) is 2.20. The number of methoxy groups -OCH3 is 1. The number of aliphatic hydroxyl groups excluding tert-OH is 1. The Morgan fingerprint density at radius 2 is 1.95 bits per heavy atom. The first-order valence-corrected chi connectivity index (χ1v) is 6.24. The van der Waals surface area contributed by atoms with Crippen LogP contribution in [-0.2, 0) is 6.42 Å². The lowest BCUT2D eigenvalue weighted by Gasteiger charge is -2.12. The van der Waals surface area contributed by atoms with Crippen molar-refractivity contribution >= 4 is 0 Å². The molecular formula is C15H18N2O2. The Bertz CT molecular complexity index is 582. The fraction of sp³-hybridized carbons (Fsp3) is 0.333. The second-order valence-electron chi connectivity index (χ2n) is 4.40. The SMILES string of the molecule is COc1ccc(-c2ccnc(CCO)n2)c(C)c1C. The second-order valence-corrected chi connectivity index (χ2v) is 4.40. The molecule has 1 aromatic heterocycles. The zero-order valence-corrected chi connectivity index (χ0v) is 11.5. The smallest absolute Gasteiger partial charge is 0.131 e. The average Bonchev–Trinajstić information content (AvgIpc) is 2.42. The molecule has 0 fully saturated rings. The summed E-state index contributed by atoms with van der Waals surface area (Å²) in [5.74, 6) is 1.54. The topological polar surface area (TPSA) is 55.2 Å². The Hall–Kier alpha value is -1.94. The van der Waals surface area contributed by atoms with Crippen LogP contribution in [0.25, 0.3) is 11.3 Å². The minimum Gasteiger partial charge on any atom is -0.496 e. The van der Waals surface area contributed by atoms with Crippen LogP contribution in [0.4, 0.5) is 0 Å². The molecule has 0 amide bonds. The van der Waals surface area contributed by atoms with Crippen LogP contribution in [-0.4, -0.2) is 28.8 Å². The highest BCUT2D eigenvalue weighted by atomic mass is 16.5. The van der Waals surface area contributed by atoms with E-state index in [-0.39, 0.29) is 6.61 Å². The minimum absolute atomic E-state index is 0.0596. The lowest BCUT2D eigenvalue weighted by molar-refractivity contribution is 0.296. The van der Waals surface area contributed by atoms with Gasteiger partial charge in [-0.25, -0.2) is 9.97 Å². The zero-order chi connectivity index (χ0) is 13.8.